The van der Waals surface area contributed by atoms with Gasteiger partial charge in [-0.15, -0.1) is 0 Å². The van der Waals surface area contributed by atoms with Crippen molar-refractivity contribution >= 4 is 5.91 Å². The van der Waals surface area contributed by atoms with Gasteiger partial charge in [-0.1, -0.05) is 0 Å². The molecule has 1 fully saturated rings. The summed E-state index contributed by atoms with van der Waals surface area (Å²) in [6.07, 6.45) is 1.90. The highest BCUT2D eigenvalue weighted by Gasteiger charge is 2.30. The van der Waals surface area contributed by atoms with Crippen LogP contribution in [0.5, 0.6) is 5.75 Å². The van der Waals surface area contributed by atoms with E-state index in [0.29, 0.717) is 6.54 Å². The summed E-state index contributed by atoms with van der Waals surface area (Å²) in [6, 6.07) is 3.80. The van der Waals surface area contributed by atoms with Crippen LogP contribution in [0.3, 0.4) is 0 Å². The highest BCUT2D eigenvalue weighted by molar-refractivity contribution is 5.95. The van der Waals surface area contributed by atoms with Crippen LogP contribution in [0.2, 0.25) is 0 Å². The quantitative estimate of drug-likeness (QED) is 0.905. The Kier molecular flexibility index (Phi) is 4.04. The van der Waals surface area contributed by atoms with E-state index in [4.69, 9.17) is 0 Å². The molecule has 1 N–H and O–H groups in total. The molecule has 4 nitrogen and oxygen atoms in total. The third kappa shape index (κ3) is 3.04. The van der Waals surface area contributed by atoms with Crippen molar-refractivity contribution in [1.82, 2.24) is 9.80 Å². The van der Waals surface area contributed by atoms with Crippen LogP contribution in [0.25, 0.3) is 0 Å². The first-order chi connectivity index (χ1) is 8.99. The SMILES string of the molecule is CN(C)CC1CCCN1C(=O)c1ccc(O)cc1F. The number of hydrogen-bond donors (Lipinski definition) is 1. The minimum absolute atomic E-state index is 0.0310. The second-order valence-corrected chi connectivity index (χ2v) is 5.22. The summed E-state index contributed by atoms with van der Waals surface area (Å²) in [7, 11) is 3.92. The molecule has 1 aliphatic heterocycles. The van der Waals surface area contributed by atoms with Gasteiger partial charge in [-0.25, -0.2) is 4.39 Å². The molecule has 0 spiro atoms. The van der Waals surface area contributed by atoms with Crippen LogP contribution in [-0.2, 0) is 0 Å². The summed E-state index contributed by atoms with van der Waals surface area (Å²) in [5, 5.41) is 9.18. The Morgan fingerprint density at radius 3 is 2.89 bits per heavy atom. The summed E-state index contributed by atoms with van der Waals surface area (Å²) in [5.41, 5.74) is 0.0310. The molecule has 1 heterocycles. The maximum Gasteiger partial charge on any atom is 0.257 e. The summed E-state index contributed by atoms with van der Waals surface area (Å²) in [4.78, 5) is 16.1. The second-order valence-electron chi connectivity index (χ2n) is 5.22. The molecule has 1 aliphatic rings. The van der Waals surface area contributed by atoms with E-state index >= 15 is 0 Å². The average Bonchev–Trinajstić information content (AvgIpc) is 2.75. The summed E-state index contributed by atoms with van der Waals surface area (Å²) in [5.74, 6) is -1.12. The van der Waals surface area contributed by atoms with Crippen LogP contribution in [0.1, 0.15) is 23.2 Å². The van der Waals surface area contributed by atoms with Gasteiger partial charge in [0.1, 0.15) is 11.6 Å². The Morgan fingerprint density at radius 2 is 2.26 bits per heavy atom. The molecular formula is C14H19FN2O2. The van der Waals surface area contributed by atoms with Crippen molar-refractivity contribution in [2.45, 2.75) is 18.9 Å². The fourth-order valence-corrected chi connectivity index (χ4v) is 2.55. The number of amides is 1. The zero-order chi connectivity index (χ0) is 14.0. The van der Waals surface area contributed by atoms with Gasteiger partial charge in [0.05, 0.1) is 5.56 Å². The van der Waals surface area contributed by atoms with Crippen molar-refractivity contribution in [2.24, 2.45) is 0 Å². The van der Waals surface area contributed by atoms with E-state index in [9.17, 15) is 14.3 Å². The maximum atomic E-state index is 13.7. The van der Waals surface area contributed by atoms with Gasteiger partial charge in [-0.05, 0) is 39.1 Å². The lowest BCUT2D eigenvalue weighted by Crippen LogP contribution is -2.41. The zero-order valence-electron chi connectivity index (χ0n) is 11.3. The van der Waals surface area contributed by atoms with Gasteiger partial charge >= 0.3 is 0 Å². The first-order valence-corrected chi connectivity index (χ1v) is 6.43. The molecule has 1 amide bonds. The van der Waals surface area contributed by atoms with Crippen LogP contribution >= 0.6 is 0 Å². The number of halogens is 1. The Morgan fingerprint density at radius 1 is 1.53 bits per heavy atom. The van der Waals surface area contributed by atoms with Crippen LogP contribution in [-0.4, -0.2) is 54.0 Å². The van der Waals surface area contributed by atoms with Gasteiger partial charge in [0.25, 0.3) is 5.91 Å². The minimum atomic E-state index is -0.666. The van der Waals surface area contributed by atoms with Crippen molar-refractivity contribution in [2.75, 3.05) is 27.2 Å². The number of phenols is 1. The van der Waals surface area contributed by atoms with Gasteiger partial charge < -0.3 is 14.9 Å². The van der Waals surface area contributed by atoms with Gasteiger partial charge in [0.15, 0.2) is 0 Å². The zero-order valence-corrected chi connectivity index (χ0v) is 11.3. The number of nitrogens with zero attached hydrogens (tertiary/aromatic N) is 2. The molecule has 0 aliphatic carbocycles. The lowest BCUT2D eigenvalue weighted by Gasteiger charge is -2.27. The van der Waals surface area contributed by atoms with Crippen LogP contribution in [0.4, 0.5) is 4.39 Å². The second kappa shape index (κ2) is 5.57. The van der Waals surface area contributed by atoms with Crippen molar-refractivity contribution in [3.8, 4) is 5.75 Å². The third-order valence-electron chi connectivity index (χ3n) is 3.40. The lowest BCUT2D eigenvalue weighted by molar-refractivity contribution is 0.0711. The molecule has 0 aromatic heterocycles. The van der Waals surface area contributed by atoms with E-state index in [0.717, 1.165) is 25.5 Å². The highest BCUT2D eigenvalue weighted by atomic mass is 19.1. The van der Waals surface area contributed by atoms with E-state index < -0.39 is 5.82 Å². The molecule has 104 valence electrons. The number of benzene rings is 1. The first kappa shape index (κ1) is 13.8. The third-order valence-corrected chi connectivity index (χ3v) is 3.40. The van der Waals surface area contributed by atoms with Crippen LogP contribution in [0.15, 0.2) is 18.2 Å². The molecule has 5 heteroatoms. The Bertz CT molecular complexity index is 477. The van der Waals surface area contributed by atoms with E-state index in [2.05, 4.69) is 0 Å². The number of carbonyl (C=O) groups is 1. The maximum absolute atomic E-state index is 13.7. The van der Waals surface area contributed by atoms with Gasteiger partial charge in [-0.3, -0.25) is 4.79 Å². The molecule has 1 atom stereocenters. The molecule has 19 heavy (non-hydrogen) atoms. The molecule has 0 radical (unpaired) electrons. The van der Waals surface area contributed by atoms with E-state index in [-0.39, 0.29) is 23.3 Å². The standard InChI is InChI=1S/C14H19FN2O2/c1-16(2)9-10-4-3-7-17(10)14(19)12-6-5-11(18)8-13(12)15/h5-6,8,10,18H,3-4,7,9H2,1-2H3. The Hall–Kier alpha value is -1.62. The molecule has 2 rings (SSSR count). The molecule has 1 unspecified atom stereocenters. The Labute approximate surface area is 112 Å². The average molecular weight is 266 g/mol. The fourth-order valence-electron chi connectivity index (χ4n) is 2.55. The smallest absolute Gasteiger partial charge is 0.257 e. The van der Waals surface area contributed by atoms with E-state index in [1.165, 1.54) is 12.1 Å². The van der Waals surface area contributed by atoms with E-state index in [1.807, 2.05) is 19.0 Å². The van der Waals surface area contributed by atoms with Crippen LogP contribution < -0.4 is 0 Å². The lowest BCUT2D eigenvalue weighted by atomic mass is 10.1. The predicted molar refractivity (Wildman–Crippen MR) is 70.7 cm³/mol. The van der Waals surface area contributed by atoms with E-state index in [1.54, 1.807) is 4.90 Å². The van der Waals surface area contributed by atoms with Crippen LogP contribution in [0, 0.1) is 5.82 Å². The van der Waals surface area contributed by atoms with Gasteiger partial charge in [-0.2, -0.15) is 0 Å². The van der Waals surface area contributed by atoms with Crippen molar-refractivity contribution in [1.29, 1.82) is 0 Å². The number of likely N-dealkylation sites (N-methyl/N-ethyl adjacent to an activating group) is 1. The Balaban J connectivity index is 2.18. The minimum Gasteiger partial charge on any atom is -0.508 e. The van der Waals surface area contributed by atoms with Crippen molar-refractivity contribution < 1.29 is 14.3 Å². The summed E-state index contributed by atoms with van der Waals surface area (Å²) in [6.45, 7) is 1.45. The number of aromatic hydroxyl groups is 1. The molecule has 0 bridgehead atoms. The highest BCUT2D eigenvalue weighted by Crippen LogP contribution is 2.23. The normalized spacial score (nSPS) is 19.2. The van der Waals surface area contributed by atoms with Gasteiger partial charge in [0.2, 0.25) is 0 Å². The summed E-state index contributed by atoms with van der Waals surface area (Å²) < 4.78 is 13.7. The number of hydrogen-bond acceptors (Lipinski definition) is 3. The fraction of sp³-hybridized carbons (Fsp3) is 0.500. The monoisotopic (exact) mass is 266 g/mol. The number of likely N-dealkylation sites (tertiary alicyclic amines) is 1. The molecule has 1 aromatic rings. The topological polar surface area (TPSA) is 43.8 Å². The van der Waals surface area contributed by atoms with Crippen molar-refractivity contribution in [3.63, 3.8) is 0 Å². The molecule has 1 aromatic carbocycles. The van der Waals surface area contributed by atoms with Gasteiger partial charge in [0, 0.05) is 25.2 Å². The number of rotatable bonds is 3. The largest absolute Gasteiger partial charge is 0.508 e. The molecule has 0 saturated carbocycles. The number of phenolic OH excluding ortho intramolecular Hbond substituents is 1. The predicted octanol–water partition coefficient (Wildman–Crippen LogP) is 1.70. The molecular weight excluding hydrogens is 247 g/mol. The molecule has 1 saturated heterocycles. The number of carbonyl (C=O) groups excluding carboxylic acids is 1. The first-order valence-electron chi connectivity index (χ1n) is 6.43. The summed E-state index contributed by atoms with van der Waals surface area (Å²) >= 11 is 0. The van der Waals surface area contributed by atoms with Crippen molar-refractivity contribution in [3.05, 3.63) is 29.6 Å².